The molecule has 0 aliphatic carbocycles. The van der Waals surface area contributed by atoms with Crippen molar-refractivity contribution in [3.8, 4) is 0 Å². The monoisotopic (exact) mass is 244 g/mol. The minimum absolute atomic E-state index is 0.0899. The van der Waals surface area contributed by atoms with Crippen LogP contribution in [0, 0.1) is 5.92 Å². The van der Waals surface area contributed by atoms with Crippen LogP contribution in [0.1, 0.15) is 41.0 Å². The maximum absolute atomic E-state index is 11.6. The average molecular weight is 244 g/mol. The molecule has 0 aromatic heterocycles. The zero-order valence-electron chi connectivity index (χ0n) is 11.6. The molecule has 2 amide bonds. The fraction of sp³-hybridized carbons (Fsp3) is 0.833. The molecule has 17 heavy (non-hydrogen) atoms. The zero-order chi connectivity index (χ0) is 13.6. The smallest absolute Gasteiger partial charge is 0.407 e. The minimum atomic E-state index is -0.529. The third kappa shape index (κ3) is 6.14. The van der Waals surface area contributed by atoms with E-state index >= 15 is 0 Å². The van der Waals surface area contributed by atoms with E-state index in [1.165, 1.54) is 0 Å². The molecule has 0 aromatic carbocycles. The Morgan fingerprint density at radius 1 is 1.29 bits per heavy atom. The van der Waals surface area contributed by atoms with Gasteiger partial charge in [-0.05, 0) is 27.2 Å². The van der Waals surface area contributed by atoms with Crippen molar-refractivity contribution in [1.82, 2.24) is 10.6 Å². The lowest BCUT2D eigenvalue weighted by Gasteiger charge is -2.25. The van der Waals surface area contributed by atoms with Crippen LogP contribution in [0.3, 0.4) is 0 Å². The standard InChI is InChI=1S/C12H24N2O3/c1-7-9(8(2)10(15)13-6)14-11(16)17-12(3,4)5/h8-9H,7H2,1-6H3,(H,13,15)(H,14,16)/t8-,9?/m0/s1. The third-order valence-corrected chi connectivity index (χ3v) is 2.41. The van der Waals surface area contributed by atoms with Gasteiger partial charge < -0.3 is 15.4 Å². The van der Waals surface area contributed by atoms with E-state index in [1.54, 1.807) is 34.7 Å². The fourth-order valence-corrected chi connectivity index (χ4v) is 1.45. The molecule has 0 spiro atoms. The van der Waals surface area contributed by atoms with E-state index in [1.807, 2.05) is 6.92 Å². The summed E-state index contributed by atoms with van der Waals surface area (Å²) in [6, 6.07) is -0.218. The minimum Gasteiger partial charge on any atom is -0.444 e. The molecule has 0 fully saturated rings. The van der Waals surface area contributed by atoms with Crippen LogP contribution in [-0.2, 0) is 9.53 Å². The molecule has 5 nitrogen and oxygen atoms in total. The first-order chi connectivity index (χ1) is 7.71. The fourth-order valence-electron chi connectivity index (χ4n) is 1.45. The van der Waals surface area contributed by atoms with Crippen molar-refractivity contribution in [2.45, 2.75) is 52.7 Å². The average Bonchev–Trinajstić information content (AvgIpc) is 2.21. The summed E-state index contributed by atoms with van der Waals surface area (Å²) in [6.07, 6.45) is 0.188. The van der Waals surface area contributed by atoms with Crippen molar-refractivity contribution in [3.63, 3.8) is 0 Å². The number of rotatable bonds is 4. The molecule has 0 aliphatic heterocycles. The SMILES string of the molecule is CCC(NC(=O)OC(C)(C)C)[C@H](C)C(=O)NC. The number of hydrogen-bond acceptors (Lipinski definition) is 3. The first kappa shape index (κ1) is 15.7. The Morgan fingerprint density at radius 2 is 1.82 bits per heavy atom. The van der Waals surface area contributed by atoms with Crippen LogP contribution < -0.4 is 10.6 Å². The lowest BCUT2D eigenvalue weighted by atomic mass is 9.99. The second kappa shape index (κ2) is 6.47. The lowest BCUT2D eigenvalue weighted by Crippen LogP contribution is -2.46. The summed E-state index contributed by atoms with van der Waals surface area (Å²) in [7, 11) is 1.58. The van der Waals surface area contributed by atoms with E-state index in [0.717, 1.165) is 0 Å². The van der Waals surface area contributed by atoms with E-state index in [-0.39, 0.29) is 17.9 Å². The summed E-state index contributed by atoms with van der Waals surface area (Å²) >= 11 is 0. The van der Waals surface area contributed by atoms with Crippen LogP contribution in [0.15, 0.2) is 0 Å². The molecule has 0 heterocycles. The van der Waals surface area contributed by atoms with Gasteiger partial charge in [0.1, 0.15) is 5.60 Å². The summed E-state index contributed by atoms with van der Waals surface area (Å²) in [5.41, 5.74) is -0.529. The van der Waals surface area contributed by atoms with Gasteiger partial charge in [-0.15, -0.1) is 0 Å². The molecule has 100 valence electrons. The second-order valence-corrected chi connectivity index (χ2v) is 5.06. The largest absolute Gasteiger partial charge is 0.444 e. The molecule has 5 heteroatoms. The van der Waals surface area contributed by atoms with Gasteiger partial charge in [-0.1, -0.05) is 13.8 Å². The highest BCUT2D eigenvalue weighted by molar-refractivity contribution is 5.79. The van der Waals surface area contributed by atoms with Gasteiger partial charge in [0.05, 0.1) is 5.92 Å². The van der Waals surface area contributed by atoms with E-state index in [4.69, 9.17) is 4.74 Å². The van der Waals surface area contributed by atoms with Gasteiger partial charge >= 0.3 is 6.09 Å². The molecule has 0 aromatic rings. The Hall–Kier alpha value is -1.26. The highest BCUT2D eigenvalue weighted by Gasteiger charge is 2.25. The van der Waals surface area contributed by atoms with Crippen molar-refractivity contribution in [3.05, 3.63) is 0 Å². The summed E-state index contributed by atoms with van der Waals surface area (Å²) in [5, 5.41) is 5.29. The maximum Gasteiger partial charge on any atom is 0.407 e. The quantitative estimate of drug-likeness (QED) is 0.790. The molecule has 0 bridgehead atoms. The molecule has 0 rings (SSSR count). The van der Waals surface area contributed by atoms with Gasteiger partial charge in [0, 0.05) is 13.1 Å². The number of nitrogens with one attached hydrogen (secondary N) is 2. The Morgan fingerprint density at radius 3 is 2.18 bits per heavy atom. The molecular formula is C12H24N2O3. The van der Waals surface area contributed by atoms with Crippen LogP contribution in [0.25, 0.3) is 0 Å². The van der Waals surface area contributed by atoms with E-state index < -0.39 is 11.7 Å². The first-order valence-electron chi connectivity index (χ1n) is 5.92. The number of ether oxygens (including phenoxy) is 1. The molecule has 0 aliphatic rings. The molecule has 0 saturated carbocycles. The van der Waals surface area contributed by atoms with E-state index in [0.29, 0.717) is 6.42 Å². The predicted octanol–water partition coefficient (Wildman–Crippen LogP) is 1.67. The Kier molecular flexibility index (Phi) is 5.99. The van der Waals surface area contributed by atoms with Crippen molar-refractivity contribution in [2.24, 2.45) is 5.92 Å². The van der Waals surface area contributed by atoms with Crippen molar-refractivity contribution >= 4 is 12.0 Å². The molecule has 1 unspecified atom stereocenters. The van der Waals surface area contributed by atoms with E-state index in [9.17, 15) is 9.59 Å². The number of alkyl carbamates (subject to hydrolysis) is 1. The highest BCUT2D eigenvalue weighted by atomic mass is 16.6. The van der Waals surface area contributed by atoms with Gasteiger partial charge in [-0.25, -0.2) is 4.79 Å². The molecule has 0 radical (unpaired) electrons. The maximum atomic E-state index is 11.6. The topological polar surface area (TPSA) is 67.4 Å². The van der Waals surface area contributed by atoms with Gasteiger partial charge in [0.2, 0.25) is 5.91 Å². The van der Waals surface area contributed by atoms with Gasteiger partial charge in [0.25, 0.3) is 0 Å². The van der Waals surface area contributed by atoms with Crippen LogP contribution in [0.4, 0.5) is 4.79 Å². The number of carbonyl (C=O) groups excluding carboxylic acids is 2. The van der Waals surface area contributed by atoms with E-state index in [2.05, 4.69) is 10.6 Å². The summed E-state index contributed by atoms with van der Waals surface area (Å²) < 4.78 is 5.15. The summed E-state index contributed by atoms with van der Waals surface area (Å²) in [4.78, 5) is 23.1. The Labute approximate surface area is 103 Å². The summed E-state index contributed by atoms with van der Waals surface area (Å²) in [5.74, 6) is -0.370. The van der Waals surface area contributed by atoms with Gasteiger partial charge in [-0.2, -0.15) is 0 Å². The van der Waals surface area contributed by atoms with Crippen LogP contribution in [0.2, 0.25) is 0 Å². The first-order valence-corrected chi connectivity index (χ1v) is 5.92. The third-order valence-electron chi connectivity index (χ3n) is 2.41. The normalized spacial score (nSPS) is 14.7. The van der Waals surface area contributed by atoms with Crippen LogP contribution in [0.5, 0.6) is 0 Å². The van der Waals surface area contributed by atoms with Crippen LogP contribution in [-0.4, -0.2) is 30.7 Å². The summed E-state index contributed by atoms with van der Waals surface area (Å²) in [6.45, 7) is 9.10. The van der Waals surface area contributed by atoms with Crippen molar-refractivity contribution < 1.29 is 14.3 Å². The highest BCUT2D eigenvalue weighted by Crippen LogP contribution is 2.10. The second-order valence-electron chi connectivity index (χ2n) is 5.06. The van der Waals surface area contributed by atoms with Gasteiger partial charge in [0.15, 0.2) is 0 Å². The Bertz CT molecular complexity index is 271. The molecular weight excluding hydrogens is 220 g/mol. The van der Waals surface area contributed by atoms with Crippen molar-refractivity contribution in [2.75, 3.05) is 7.05 Å². The number of hydrogen-bond donors (Lipinski definition) is 2. The van der Waals surface area contributed by atoms with Gasteiger partial charge in [-0.3, -0.25) is 4.79 Å². The van der Waals surface area contributed by atoms with Crippen molar-refractivity contribution in [1.29, 1.82) is 0 Å². The number of amides is 2. The number of carbonyl (C=O) groups is 2. The molecule has 2 atom stereocenters. The molecule has 0 saturated heterocycles. The lowest BCUT2D eigenvalue weighted by molar-refractivity contribution is -0.124. The molecule has 2 N–H and O–H groups in total. The van der Waals surface area contributed by atoms with Crippen LogP contribution >= 0.6 is 0 Å². The predicted molar refractivity (Wildman–Crippen MR) is 66.7 cm³/mol. The zero-order valence-corrected chi connectivity index (χ0v) is 11.6. The Balaban J connectivity index is 4.40.